The van der Waals surface area contributed by atoms with Crippen molar-refractivity contribution >= 4 is 0 Å². The van der Waals surface area contributed by atoms with Gasteiger partial charge in [0.05, 0.1) is 30.9 Å². The van der Waals surface area contributed by atoms with E-state index in [9.17, 15) is 18.3 Å². The third kappa shape index (κ3) is 3.83. The van der Waals surface area contributed by atoms with Crippen LogP contribution in [0.15, 0.2) is 30.5 Å². The number of methoxy groups -OCH3 is 2. The molecule has 2 aliphatic rings. The number of hydrogen-bond donors (Lipinski definition) is 1. The fraction of sp³-hybridized carbons (Fsp3) is 0.524. The molecule has 162 valence electrons. The zero-order valence-electron chi connectivity index (χ0n) is 16.8. The number of halogens is 3. The first-order valence-corrected chi connectivity index (χ1v) is 9.83. The minimum atomic E-state index is -4.33. The summed E-state index contributed by atoms with van der Waals surface area (Å²) in [6.07, 6.45) is 0.0283. The average molecular weight is 423 g/mol. The highest BCUT2D eigenvalue weighted by molar-refractivity contribution is 5.33. The maximum Gasteiger partial charge on any atom is 0.416 e. The second kappa shape index (κ2) is 7.70. The van der Waals surface area contributed by atoms with Crippen LogP contribution in [0.3, 0.4) is 0 Å². The first-order chi connectivity index (χ1) is 14.2. The van der Waals surface area contributed by atoms with Crippen LogP contribution in [-0.2, 0) is 18.3 Å². The van der Waals surface area contributed by atoms with Crippen molar-refractivity contribution in [3.63, 3.8) is 0 Å². The van der Waals surface area contributed by atoms with Gasteiger partial charge in [0.25, 0.3) is 0 Å². The van der Waals surface area contributed by atoms with Crippen molar-refractivity contribution in [1.82, 2.24) is 14.9 Å². The lowest BCUT2D eigenvalue weighted by atomic mass is 9.81. The summed E-state index contributed by atoms with van der Waals surface area (Å²) in [6.45, 7) is 0.555. The average Bonchev–Trinajstić information content (AvgIpc) is 2.96. The summed E-state index contributed by atoms with van der Waals surface area (Å²) in [5.41, 5.74) is -0.401. The molecule has 0 saturated carbocycles. The number of rotatable bonds is 5. The summed E-state index contributed by atoms with van der Waals surface area (Å²) in [5, 5.41) is 11.5. The van der Waals surface area contributed by atoms with Crippen LogP contribution in [0.4, 0.5) is 13.2 Å². The van der Waals surface area contributed by atoms with Crippen molar-refractivity contribution < 1.29 is 27.8 Å². The van der Waals surface area contributed by atoms with Gasteiger partial charge in [-0.25, -0.2) is 4.98 Å². The van der Waals surface area contributed by atoms with E-state index in [0.29, 0.717) is 30.8 Å². The number of nitrogens with zero attached hydrogens (tertiary/aromatic N) is 3. The molecule has 2 fully saturated rings. The number of fused-ring (bicyclic) bond motifs is 2. The van der Waals surface area contributed by atoms with Crippen molar-refractivity contribution in [1.29, 1.82) is 0 Å². The van der Waals surface area contributed by atoms with Gasteiger partial charge in [-0.2, -0.15) is 18.2 Å². The molecule has 0 radical (unpaired) electrons. The van der Waals surface area contributed by atoms with Crippen LogP contribution in [0.25, 0.3) is 0 Å². The van der Waals surface area contributed by atoms with Crippen LogP contribution >= 0.6 is 0 Å². The third-order valence-corrected chi connectivity index (χ3v) is 6.17. The SMILES string of the molecule is COc1ncc(C2(O)CC3CCC(C2)N3Cc2ccc(C(F)(F)F)cc2)c(OC)n1. The van der Waals surface area contributed by atoms with Gasteiger partial charge < -0.3 is 14.6 Å². The number of ether oxygens (including phenoxy) is 2. The van der Waals surface area contributed by atoms with Gasteiger partial charge in [0.2, 0.25) is 5.88 Å². The van der Waals surface area contributed by atoms with Crippen molar-refractivity contribution in [3.05, 3.63) is 47.2 Å². The quantitative estimate of drug-likeness (QED) is 0.794. The molecule has 2 atom stereocenters. The molecule has 2 bridgehead atoms. The lowest BCUT2D eigenvalue weighted by Crippen LogP contribution is -2.49. The zero-order valence-corrected chi connectivity index (χ0v) is 16.8. The molecule has 0 amide bonds. The largest absolute Gasteiger partial charge is 0.481 e. The number of alkyl halides is 3. The predicted molar refractivity (Wildman–Crippen MR) is 102 cm³/mol. The number of aromatic nitrogens is 2. The minimum absolute atomic E-state index is 0.114. The van der Waals surface area contributed by atoms with Crippen LogP contribution in [0.5, 0.6) is 11.9 Å². The molecule has 3 heterocycles. The summed E-state index contributed by atoms with van der Waals surface area (Å²) in [4.78, 5) is 10.6. The van der Waals surface area contributed by atoms with Crippen molar-refractivity contribution in [2.75, 3.05) is 14.2 Å². The first kappa shape index (κ1) is 20.9. The Hall–Kier alpha value is -2.39. The summed E-state index contributed by atoms with van der Waals surface area (Å²) in [5.74, 6) is 0.292. The molecule has 4 rings (SSSR count). The van der Waals surface area contributed by atoms with Gasteiger partial charge in [0.1, 0.15) is 0 Å². The summed E-state index contributed by atoms with van der Waals surface area (Å²) >= 11 is 0. The van der Waals surface area contributed by atoms with E-state index in [1.165, 1.54) is 26.4 Å². The molecular weight excluding hydrogens is 399 g/mol. The van der Waals surface area contributed by atoms with Crippen molar-refractivity contribution in [3.8, 4) is 11.9 Å². The van der Waals surface area contributed by atoms with Gasteiger partial charge >= 0.3 is 12.2 Å². The van der Waals surface area contributed by atoms with Gasteiger partial charge in [-0.1, -0.05) is 12.1 Å². The van der Waals surface area contributed by atoms with E-state index in [-0.39, 0.29) is 18.1 Å². The lowest BCUT2D eigenvalue weighted by Gasteiger charge is -2.44. The highest BCUT2D eigenvalue weighted by Crippen LogP contribution is 2.48. The minimum Gasteiger partial charge on any atom is -0.481 e. The molecule has 2 aliphatic heterocycles. The van der Waals surface area contributed by atoms with Gasteiger partial charge in [-0.3, -0.25) is 4.90 Å². The van der Waals surface area contributed by atoms with E-state index in [2.05, 4.69) is 14.9 Å². The maximum atomic E-state index is 12.8. The van der Waals surface area contributed by atoms with Crippen molar-refractivity contribution in [2.45, 2.75) is 56.1 Å². The molecule has 1 aromatic heterocycles. The molecule has 2 unspecified atom stereocenters. The Balaban J connectivity index is 1.52. The summed E-state index contributed by atoms with van der Waals surface area (Å²) in [7, 11) is 2.95. The van der Waals surface area contributed by atoms with E-state index < -0.39 is 17.3 Å². The molecule has 0 aliphatic carbocycles. The standard InChI is InChI=1S/C21H24F3N3O3/c1-29-18-17(11-25-19(26-18)30-2)20(28)9-15-7-8-16(10-20)27(15)12-13-3-5-14(6-4-13)21(22,23)24/h3-6,11,15-16,28H,7-10,12H2,1-2H3. The van der Waals surface area contributed by atoms with E-state index in [1.54, 1.807) is 6.20 Å². The van der Waals surface area contributed by atoms with Crippen molar-refractivity contribution in [2.24, 2.45) is 0 Å². The summed E-state index contributed by atoms with van der Waals surface area (Å²) < 4.78 is 48.8. The molecule has 6 nitrogen and oxygen atoms in total. The lowest BCUT2D eigenvalue weighted by molar-refractivity contribution is -0.137. The molecule has 1 aromatic carbocycles. The van der Waals surface area contributed by atoms with E-state index >= 15 is 0 Å². The highest BCUT2D eigenvalue weighted by atomic mass is 19.4. The molecule has 2 saturated heterocycles. The Labute approximate surface area is 172 Å². The van der Waals surface area contributed by atoms with Crippen LogP contribution in [-0.4, -0.2) is 46.3 Å². The Morgan fingerprint density at radius 2 is 1.73 bits per heavy atom. The second-order valence-corrected chi connectivity index (χ2v) is 7.97. The number of piperidine rings is 1. The Morgan fingerprint density at radius 3 is 2.27 bits per heavy atom. The molecule has 1 N–H and O–H groups in total. The summed E-state index contributed by atoms with van der Waals surface area (Å²) in [6, 6.07) is 5.70. The number of hydrogen-bond acceptors (Lipinski definition) is 6. The molecular formula is C21H24F3N3O3. The van der Waals surface area contributed by atoms with Gasteiger partial charge in [0.15, 0.2) is 0 Å². The number of benzene rings is 1. The normalized spacial score (nSPS) is 26.6. The highest BCUT2D eigenvalue weighted by Gasteiger charge is 2.49. The topological polar surface area (TPSA) is 67.7 Å². The molecule has 0 spiro atoms. The van der Waals surface area contributed by atoms with Gasteiger partial charge in [0, 0.05) is 24.8 Å². The van der Waals surface area contributed by atoms with Crippen LogP contribution < -0.4 is 9.47 Å². The van der Waals surface area contributed by atoms with Gasteiger partial charge in [-0.15, -0.1) is 0 Å². The van der Waals surface area contributed by atoms with Crippen LogP contribution in [0.1, 0.15) is 42.4 Å². The molecule has 30 heavy (non-hydrogen) atoms. The van der Waals surface area contributed by atoms with Gasteiger partial charge in [-0.05, 0) is 43.4 Å². The Morgan fingerprint density at radius 1 is 1.10 bits per heavy atom. The predicted octanol–water partition coefficient (Wildman–Crippen LogP) is 3.53. The monoisotopic (exact) mass is 423 g/mol. The first-order valence-electron chi connectivity index (χ1n) is 9.83. The molecule has 9 heteroatoms. The fourth-order valence-electron chi connectivity index (χ4n) is 4.73. The number of aliphatic hydroxyl groups is 1. The smallest absolute Gasteiger partial charge is 0.416 e. The molecule has 2 aromatic rings. The Kier molecular flexibility index (Phi) is 5.36. The van der Waals surface area contributed by atoms with Crippen LogP contribution in [0, 0.1) is 0 Å². The third-order valence-electron chi connectivity index (χ3n) is 6.17. The van der Waals surface area contributed by atoms with E-state index in [0.717, 1.165) is 30.5 Å². The van der Waals surface area contributed by atoms with E-state index in [1.807, 2.05) is 0 Å². The maximum absolute atomic E-state index is 12.8. The second-order valence-electron chi connectivity index (χ2n) is 7.97. The zero-order chi connectivity index (χ0) is 21.5. The van der Waals surface area contributed by atoms with Crippen LogP contribution in [0.2, 0.25) is 0 Å². The Bertz CT molecular complexity index is 891. The fourth-order valence-corrected chi connectivity index (χ4v) is 4.73. The van der Waals surface area contributed by atoms with E-state index in [4.69, 9.17) is 9.47 Å².